The predicted molar refractivity (Wildman–Crippen MR) is 62.2 cm³/mol. The van der Waals surface area contributed by atoms with Crippen LogP contribution in [0.15, 0.2) is 27.8 Å². The third-order valence-electron chi connectivity index (χ3n) is 1.92. The quantitative estimate of drug-likeness (QED) is 0.457. The van der Waals surface area contributed by atoms with Gasteiger partial charge in [-0.2, -0.15) is 0 Å². The van der Waals surface area contributed by atoms with Gasteiger partial charge in [-0.05, 0) is 6.07 Å². The number of benzene rings is 1. The van der Waals surface area contributed by atoms with E-state index in [2.05, 4.69) is 9.97 Å². The van der Waals surface area contributed by atoms with Crippen LogP contribution in [0.5, 0.6) is 0 Å². The molecule has 16 heavy (non-hydrogen) atoms. The Bertz CT molecular complexity index is 660. The number of non-ortho nitro benzene ring substituents is 1. The fourth-order valence-electron chi connectivity index (χ4n) is 1.22. The first-order valence-electron chi connectivity index (χ1n) is 3.99. The average molecular weight is 288 g/mol. The van der Waals surface area contributed by atoms with E-state index < -0.39 is 16.0 Å². The molecule has 0 spiro atoms. The molecule has 0 aliphatic carbocycles. The first-order valence-corrected chi connectivity index (χ1v) is 3.99. The molecule has 0 bridgehead atoms. The first-order chi connectivity index (χ1) is 7.08. The van der Waals surface area contributed by atoms with E-state index in [4.69, 9.17) is 0 Å². The highest BCUT2D eigenvalue weighted by molar-refractivity contribution is 8.93. The maximum absolute atomic E-state index is 10.9. The minimum atomic E-state index is -0.831. The highest BCUT2D eigenvalue weighted by Gasteiger charge is 2.07. The molecule has 1 aromatic heterocycles. The van der Waals surface area contributed by atoms with E-state index in [0.717, 1.165) is 0 Å². The number of rotatable bonds is 1. The summed E-state index contributed by atoms with van der Waals surface area (Å²) in [5, 5.41) is 10.4. The smallest absolute Gasteiger partial charge is 0.314 e. The zero-order chi connectivity index (χ0) is 11.0. The van der Waals surface area contributed by atoms with Gasteiger partial charge in [-0.3, -0.25) is 19.7 Å². The Labute approximate surface area is 98.0 Å². The Morgan fingerprint density at radius 1 is 1.06 bits per heavy atom. The number of fused-ring (bicyclic) bond motifs is 1. The second kappa shape index (κ2) is 4.27. The molecule has 0 saturated carbocycles. The summed E-state index contributed by atoms with van der Waals surface area (Å²) in [7, 11) is 0. The van der Waals surface area contributed by atoms with E-state index in [1.54, 1.807) is 0 Å². The molecule has 0 atom stereocenters. The number of nitro groups is 1. The summed E-state index contributed by atoms with van der Waals surface area (Å²) in [6.45, 7) is 0. The molecule has 0 saturated heterocycles. The minimum Gasteiger partial charge on any atom is -0.316 e. The van der Waals surface area contributed by atoms with E-state index in [1.807, 2.05) is 0 Å². The van der Waals surface area contributed by atoms with Gasteiger partial charge in [-0.1, -0.05) is 0 Å². The SMILES string of the molecule is Br.O=c1[nH]c2ccc([N+](=O)[O-])cc2[nH]c1=O. The van der Waals surface area contributed by atoms with Crippen molar-refractivity contribution in [3.8, 4) is 0 Å². The van der Waals surface area contributed by atoms with Gasteiger partial charge in [0.1, 0.15) is 0 Å². The van der Waals surface area contributed by atoms with Crippen LogP contribution in [0, 0.1) is 10.1 Å². The van der Waals surface area contributed by atoms with Crippen molar-refractivity contribution < 1.29 is 4.92 Å². The molecule has 1 heterocycles. The van der Waals surface area contributed by atoms with Crippen molar-refractivity contribution in [2.45, 2.75) is 0 Å². The van der Waals surface area contributed by atoms with Crippen molar-refractivity contribution in [2.24, 2.45) is 0 Å². The van der Waals surface area contributed by atoms with Crippen LogP contribution in [0.4, 0.5) is 5.69 Å². The van der Waals surface area contributed by atoms with Crippen molar-refractivity contribution >= 4 is 33.7 Å². The van der Waals surface area contributed by atoms with E-state index in [1.165, 1.54) is 18.2 Å². The van der Waals surface area contributed by atoms with Crippen molar-refractivity contribution in [1.29, 1.82) is 0 Å². The fraction of sp³-hybridized carbons (Fsp3) is 0. The number of H-pyrrole nitrogens is 2. The third-order valence-corrected chi connectivity index (χ3v) is 1.92. The van der Waals surface area contributed by atoms with Crippen molar-refractivity contribution in [3.63, 3.8) is 0 Å². The molecule has 2 aromatic rings. The normalized spacial score (nSPS) is 9.75. The lowest BCUT2D eigenvalue weighted by atomic mass is 10.2. The van der Waals surface area contributed by atoms with E-state index in [0.29, 0.717) is 5.52 Å². The summed E-state index contributed by atoms with van der Waals surface area (Å²) in [4.78, 5) is 36.3. The van der Waals surface area contributed by atoms with Crippen LogP contribution >= 0.6 is 17.0 Å². The number of aromatic amines is 2. The lowest BCUT2D eigenvalue weighted by molar-refractivity contribution is -0.384. The molecule has 2 rings (SSSR count). The Kier molecular flexibility index (Phi) is 3.23. The molecule has 84 valence electrons. The number of nitrogens with zero attached hydrogens (tertiary/aromatic N) is 1. The summed E-state index contributed by atoms with van der Waals surface area (Å²) < 4.78 is 0. The third kappa shape index (κ3) is 2.01. The molecule has 8 heteroatoms. The zero-order valence-electron chi connectivity index (χ0n) is 7.72. The highest BCUT2D eigenvalue weighted by atomic mass is 79.9. The zero-order valence-corrected chi connectivity index (χ0v) is 9.43. The number of hydrogen-bond donors (Lipinski definition) is 2. The minimum absolute atomic E-state index is 0. The topological polar surface area (TPSA) is 109 Å². The second-order valence-electron chi connectivity index (χ2n) is 2.90. The Balaban J connectivity index is 0.00000128. The lowest BCUT2D eigenvalue weighted by Gasteiger charge is -1.96. The molecule has 0 amide bonds. The van der Waals surface area contributed by atoms with Gasteiger partial charge in [0.25, 0.3) is 5.69 Å². The van der Waals surface area contributed by atoms with Crippen LogP contribution in [0.1, 0.15) is 0 Å². The largest absolute Gasteiger partial charge is 0.316 e. The standard InChI is InChI=1S/C8H5N3O4.BrH/c12-7-8(13)10-6-3-4(11(14)15)1-2-5(6)9-7;/h1-3H,(H,9,12)(H,10,13);1H. The summed E-state index contributed by atoms with van der Waals surface area (Å²) in [5.41, 5.74) is -1.18. The van der Waals surface area contributed by atoms with Crippen LogP contribution in [0.2, 0.25) is 0 Å². The first kappa shape index (κ1) is 12.1. The lowest BCUT2D eigenvalue weighted by Crippen LogP contribution is -2.28. The number of hydrogen-bond acceptors (Lipinski definition) is 4. The summed E-state index contributed by atoms with van der Waals surface area (Å²) in [6, 6.07) is 3.80. The molecule has 0 aliphatic heterocycles. The van der Waals surface area contributed by atoms with Crippen LogP contribution in [0.3, 0.4) is 0 Å². The molecule has 1 aromatic carbocycles. The van der Waals surface area contributed by atoms with Gasteiger partial charge in [-0.15, -0.1) is 17.0 Å². The van der Waals surface area contributed by atoms with Crippen molar-refractivity contribution in [2.75, 3.05) is 0 Å². The molecule has 7 nitrogen and oxygen atoms in total. The van der Waals surface area contributed by atoms with Crippen molar-refractivity contribution in [3.05, 3.63) is 49.0 Å². The van der Waals surface area contributed by atoms with Gasteiger partial charge in [-0.25, -0.2) is 0 Å². The second-order valence-corrected chi connectivity index (χ2v) is 2.90. The molecule has 2 N–H and O–H groups in total. The van der Waals surface area contributed by atoms with Gasteiger partial charge in [0.05, 0.1) is 16.0 Å². The van der Waals surface area contributed by atoms with E-state index in [-0.39, 0.29) is 28.2 Å². The number of halogens is 1. The molecule has 0 unspecified atom stereocenters. The summed E-state index contributed by atoms with van der Waals surface area (Å²) in [5.74, 6) is 0. The van der Waals surface area contributed by atoms with Gasteiger partial charge in [0.15, 0.2) is 0 Å². The Morgan fingerprint density at radius 3 is 2.19 bits per heavy atom. The fourth-order valence-corrected chi connectivity index (χ4v) is 1.22. The van der Waals surface area contributed by atoms with Crippen LogP contribution in [-0.2, 0) is 0 Å². The Hall–Kier alpha value is -1.96. The average Bonchev–Trinajstić information content (AvgIpc) is 2.19. The molecule has 0 radical (unpaired) electrons. The summed E-state index contributed by atoms with van der Waals surface area (Å²) >= 11 is 0. The monoisotopic (exact) mass is 287 g/mol. The van der Waals surface area contributed by atoms with Gasteiger partial charge >= 0.3 is 11.1 Å². The van der Waals surface area contributed by atoms with Crippen LogP contribution in [0.25, 0.3) is 11.0 Å². The molecule has 0 fully saturated rings. The van der Waals surface area contributed by atoms with Crippen molar-refractivity contribution in [1.82, 2.24) is 9.97 Å². The van der Waals surface area contributed by atoms with E-state index in [9.17, 15) is 19.7 Å². The molecular formula is C8H6BrN3O4. The molecular weight excluding hydrogens is 282 g/mol. The predicted octanol–water partition coefficient (Wildman–Crippen LogP) is 0.702. The maximum atomic E-state index is 10.9. The number of nitro benzene ring substituents is 1. The van der Waals surface area contributed by atoms with Gasteiger partial charge in [0.2, 0.25) is 0 Å². The Morgan fingerprint density at radius 2 is 1.62 bits per heavy atom. The van der Waals surface area contributed by atoms with Gasteiger partial charge < -0.3 is 9.97 Å². The van der Waals surface area contributed by atoms with Crippen LogP contribution < -0.4 is 11.1 Å². The van der Waals surface area contributed by atoms with E-state index >= 15 is 0 Å². The molecule has 0 aliphatic rings. The van der Waals surface area contributed by atoms with Gasteiger partial charge in [0, 0.05) is 12.1 Å². The maximum Gasteiger partial charge on any atom is 0.314 e. The number of aromatic nitrogens is 2. The summed E-state index contributed by atoms with van der Waals surface area (Å²) in [6.07, 6.45) is 0. The highest BCUT2D eigenvalue weighted by Crippen LogP contribution is 2.15. The van der Waals surface area contributed by atoms with Crippen LogP contribution in [-0.4, -0.2) is 14.9 Å². The number of nitrogens with one attached hydrogen (secondary N) is 2.